The van der Waals surface area contributed by atoms with Crippen LogP contribution in [0.1, 0.15) is 5.56 Å². The second-order valence-corrected chi connectivity index (χ2v) is 7.23. The molecule has 0 fully saturated rings. The number of hydrogen-bond donors (Lipinski definition) is 1. The van der Waals surface area contributed by atoms with Crippen molar-refractivity contribution in [2.24, 2.45) is 5.10 Å². The Balaban J connectivity index is 2.16. The summed E-state index contributed by atoms with van der Waals surface area (Å²) in [5.74, 6) is 0. The van der Waals surface area contributed by atoms with E-state index in [9.17, 15) is 0 Å². The van der Waals surface area contributed by atoms with Crippen LogP contribution < -0.4 is 21.3 Å². The average molecular weight is 318 g/mol. The fraction of sp³-hybridized carbons (Fsp3) is 0.0500. The van der Waals surface area contributed by atoms with E-state index in [0.717, 1.165) is 5.56 Å². The van der Waals surface area contributed by atoms with Crippen molar-refractivity contribution >= 4 is 30.0 Å². The molecule has 1 N–H and O–H groups in total. The summed E-state index contributed by atoms with van der Waals surface area (Å²) >= 11 is 0. The SMILES string of the molecule is CN/N=C/c1ccccc1P(c1ccccc1)c1ccccc1. The summed E-state index contributed by atoms with van der Waals surface area (Å²) in [6.07, 6.45) is 1.90. The van der Waals surface area contributed by atoms with Crippen LogP contribution in [0.3, 0.4) is 0 Å². The molecule has 0 saturated carbocycles. The lowest BCUT2D eigenvalue weighted by atomic mass is 10.2. The largest absolute Gasteiger partial charge is 0.313 e. The van der Waals surface area contributed by atoms with Gasteiger partial charge in [-0.05, 0) is 23.8 Å². The Morgan fingerprint density at radius 1 is 0.739 bits per heavy atom. The van der Waals surface area contributed by atoms with Crippen LogP contribution in [0.15, 0.2) is 90.0 Å². The summed E-state index contributed by atoms with van der Waals surface area (Å²) in [5.41, 5.74) is 3.99. The van der Waals surface area contributed by atoms with E-state index in [1.165, 1.54) is 15.9 Å². The minimum Gasteiger partial charge on any atom is -0.313 e. The second-order valence-electron chi connectivity index (χ2n) is 5.05. The molecule has 0 aliphatic carbocycles. The number of hydrazone groups is 1. The Labute approximate surface area is 138 Å². The molecule has 0 aliphatic heterocycles. The molecular formula is C20H19N2P. The van der Waals surface area contributed by atoms with Gasteiger partial charge in [0.15, 0.2) is 0 Å². The van der Waals surface area contributed by atoms with E-state index < -0.39 is 7.92 Å². The minimum atomic E-state index is -0.602. The van der Waals surface area contributed by atoms with Crippen LogP contribution in [0.25, 0.3) is 0 Å². The lowest BCUT2D eigenvalue weighted by Gasteiger charge is -2.21. The van der Waals surface area contributed by atoms with Gasteiger partial charge in [0.1, 0.15) is 0 Å². The Morgan fingerprint density at radius 2 is 1.26 bits per heavy atom. The van der Waals surface area contributed by atoms with E-state index in [0.29, 0.717) is 0 Å². The van der Waals surface area contributed by atoms with Crippen molar-refractivity contribution in [3.63, 3.8) is 0 Å². The summed E-state index contributed by atoms with van der Waals surface area (Å²) in [5, 5.41) is 8.22. The van der Waals surface area contributed by atoms with E-state index in [4.69, 9.17) is 0 Å². The van der Waals surface area contributed by atoms with Gasteiger partial charge in [-0.3, -0.25) is 0 Å². The number of nitrogens with one attached hydrogen (secondary N) is 1. The van der Waals surface area contributed by atoms with Crippen molar-refractivity contribution in [2.45, 2.75) is 0 Å². The van der Waals surface area contributed by atoms with Crippen LogP contribution in [-0.2, 0) is 0 Å². The number of rotatable bonds is 5. The highest BCUT2D eigenvalue weighted by atomic mass is 31.1. The molecular weight excluding hydrogens is 299 g/mol. The topological polar surface area (TPSA) is 24.4 Å². The Kier molecular flexibility index (Phi) is 5.18. The van der Waals surface area contributed by atoms with Gasteiger partial charge in [-0.2, -0.15) is 5.10 Å². The molecule has 0 amide bonds. The monoisotopic (exact) mass is 318 g/mol. The highest BCUT2D eigenvalue weighted by Crippen LogP contribution is 2.33. The van der Waals surface area contributed by atoms with Gasteiger partial charge in [-0.25, -0.2) is 0 Å². The van der Waals surface area contributed by atoms with E-state index in [1.807, 2.05) is 13.3 Å². The normalized spacial score (nSPS) is 11.0. The molecule has 0 aromatic heterocycles. The van der Waals surface area contributed by atoms with Gasteiger partial charge in [-0.15, -0.1) is 0 Å². The van der Waals surface area contributed by atoms with Crippen LogP contribution in [0.4, 0.5) is 0 Å². The van der Waals surface area contributed by atoms with E-state index >= 15 is 0 Å². The Bertz CT molecular complexity index is 730. The summed E-state index contributed by atoms with van der Waals surface area (Å²) in [7, 11) is 1.21. The molecule has 23 heavy (non-hydrogen) atoms. The van der Waals surface area contributed by atoms with Gasteiger partial charge >= 0.3 is 0 Å². The molecule has 3 heteroatoms. The molecule has 114 valence electrons. The molecule has 2 nitrogen and oxygen atoms in total. The summed E-state index contributed by atoms with van der Waals surface area (Å²) < 4.78 is 0. The first-order chi connectivity index (χ1) is 11.4. The summed E-state index contributed by atoms with van der Waals surface area (Å²) in [6, 6.07) is 29.9. The zero-order chi connectivity index (χ0) is 15.9. The van der Waals surface area contributed by atoms with Crippen molar-refractivity contribution in [2.75, 3.05) is 7.05 Å². The van der Waals surface area contributed by atoms with Crippen LogP contribution in [0, 0.1) is 0 Å². The fourth-order valence-electron chi connectivity index (χ4n) is 2.52. The van der Waals surface area contributed by atoms with Crippen molar-refractivity contribution in [3.05, 3.63) is 90.5 Å². The zero-order valence-electron chi connectivity index (χ0n) is 13.1. The molecule has 3 aromatic carbocycles. The maximum absolute atomic E-state index is 4.21. The van der Waals surface area contributed by atoms with Crippen molar-refractivity contribution in [1.29, 1.82) is 0 Å². The third kappa shape index (κ3) is 3.67. The average Bonchev–Trinajstić information content (AvgIpc) is 2.63. The van der Waals surface area contributed by atoms with Gasteiger partial charge in [-0.1, -0.05) is 84.9 Å². The van der Waals surface area contributed by atoms with Gasteiger partial charge in [0.05, 0.1) is 6.21 Å². The number of nitrogens with zero attached hydrogens (tertiary/aromatic N) is 1. The Hall–Kier alpha value is -2.44. The first-order valence-corrected chi connectivity index (χ1v) is 8.93. The first-order valence-electron chi connectivity index (χ1n) is 7.59. The number of benzene rings is 3. The molecule has 3 aromatic rings. The summed E-state index contributed by atoms with van der Waals surface area (Å²) in [4.78, 5) is 0. The van der Waals surface area contributed by atoms with E-state index in [-0.39, 0.29) is 0 Å². The van der Waals surface area contributed by atoms with Gasteiger partial charge in [0.25, 0.3) is 0 Å². The zero-order valence-corrected chi connectivity index (χ0v) is 13.9. The molecule has 0 spiro atoms. The molecule has 0 aliphatic rings. The third-order valence-electron chi connectivity index (χ3n) is 3.54. The van der Waals surface area contributed by atoms with Crippen LogP contribution in [-0.4, -0.2) is 13.3 Å². The lowest BCUT2D eigenvalue weighted by Crippen LogP contribution is -2.23. The highest BCUT2D eigenvalue weighted by molar-refractivity contribution is 7.80. The lowest BCUT2D eigenvalue weighted by molar-refractivity contribution is 0.908. The first kappa shape index (κ1) is 15.5. The van der Waals surface area contributed by atoms with Crippen molar-refractivity contribution < 1.29 is 0 Å². The van der Waals surface area contributed by atoms with E-state index in [2.05, 4.69) is 95.5 Å². The van der Waals surface area contributed by atoms with Crippen molar-refractivity contribution in [3.8, 4) is 0 Å². The third-order valence-corrected chi connectivity index (χ3v) is 6.06. The maximum Gasteiger partial charge on any atom is 0.0547 e. The second kappa shape index (κ2) is 7.71. The predicted octanol–water partition coefficient (Wildman–Crippen LogP) is 3.00. The van der Waals surface area contributed by atoms with Crippen LogP contribution >= 0.6 is 7.92 Å². The maximum atomic E-state index is 4.21. The Morgan fingerprint density at radius 3 is 1.83 bits per heavy atom. The number of hydrogen-bond acceptors (Lipinski definition) is 2. The smallest absolute Gasteiger partial charge is 0.0547 e. The summed E-state index contributed by atoms with van der Waals surface area (Å²) in [6.45, 7) is 0. The molecule has 0 atom stereocenters. The van der Waals surface area contributed by atoms with Crippen LogP contribution in [0.5, 0.6) is 0 Å². The molecule has 0 bridgehead atoms. The predicted molar refractivity (Wildman–Crippen MR) is 102 cm³/mol. The van der Waals surface area contributed by atoms with E-state index in [1.54, 1.807) is 0 Å². The molecule has 0 unspecified atom stereocenters. The quantitative estimate of drug-likeness (QED) is 0.436. The highest BCUT2D eigenvalue weighted by Gasteiger charge is 2.18. The molecule has 0 saturated heterocycles. The van der Waals surface area contributed by atoms with Gasteiger partial charge < -0.3 is 5.43 Å². The standard InChI is InChI=1S/C20H19N2P/c1-21-22-16-17-10-8-9-15-20(17)23(18-11-4-2-5-12-18)19-13-6-3-7-14-19/h2-16,21H,1H3/b22-16+. The molecule has 3 rings (SSSR count). The van der Waals surface area contributed by atoms with Crippen molar-refractivity contribution in [1.82, 2.24) is 5.43 Å². The molecule has 0 heterocycles. The minimum absolute atomic E-state index is 0.602. The van der Waals surface area contributed by atoms with Gasteiger partial charge in [0.2, 0.25) is 0 Å². The van der Waals surface area contributed by atoms with Gasteiger partial charge in [0, 0.05) is 12.6 Å². The van der Waals surface area contributed by atoms with Crippen LogP contribution in [0.2, 0.25) is 0 Å². The fourth-order valence-corrected chi connectivity index (χ4v) is 4.94. The molecule has 0 radical (unpaired) electrons.